The zero-order valence-electron chi connectivity index (χ0n) is 10.3. The Kier molecular flexibility index (Phi) is 2.64. The van der Waals surface area contributed by atoms with Gasteiger partial charge >= 0.3 is 5.97 Å². The topological polar surface area (TPSA) is 86.5 Å². The molecular weight excluding hydrogens is 246 g/mol. The minimum atomic E-state index is -1.02. The standard InChI is InChI=1S/C13H13N3O3/c14-7-9-1-2-10(12(17)18)11(15-9)16-5-6-19-13(8-16)3-4-13/h1-2H,3-6,8H2,(H,17,18). The average Bonchev–Trinajstić information content (AvgIpc) is 3.17. The van der Waals surface area contributed by atoms with Gasteiger partial charge in [0.1, 0.15) is 23.1 Å². The first-order chi connectivity index (χ1) is 9.13. The van der Waals surface area contributed by atoms with Gasteiger partial charge in [0.05, 0.1) is 12.2 Å². The van der Waals surface area contributed by atoms with Crippen LogP contribution in [0.25, 0.3) is 0 Å². The van der Waals surface area contributed by atoms with Crippen molar-refractivity contribution in [3.05, 3.63) is 23.4 Å². The molecule has 1 aromatic rings. The van der Waals surface area contributed by atoms with Crippen LogP contribution < -0.4 is 4.90 Å². The Bertz CT molecular complexity index is 575. The van der Waals surface area contributed by atoms with Crippen molar-refractivity contribution >= 4 is 11.8 Å². The van der Waals surface area contributed by atoms with Gasteiger partial charge in [-0.3, -0.25) is 0 Å². The van der Waals surface area contributed by atoms with Gasteiger partial charge in [-0.1, -0.05) is 0 Å². The van der Waals surface area contributed by atoms with Gasteiger partial charge in [0, 0.05) is 13.1 Å². The lowest BCUT2D eigenvalue weighted by Crippen LogP contribution is -2.45. The van der Waals surface area contributed by atoms with Crippen LogP contribution in [-0.2, 0) is 4.74 Å². The lowest BCUT2D eigenvalue weighted by Gasteiger charge is -2.34. The van der Waals surface area contributed by atoms with Crippen molar-refractivity contribution in [1.82, 2.24) is 4.98 Å². The number of rotatable bonds is 2. The molecule has 6 nitrogen and oxygen atoms in total. The number of carboxylic acids is 1. The number of hydrogen-bond donors (Lipinski definition) is 1. The van der Waals surface area contributed by atoms with Crippen molar-refractivity contribution in [2.24, 2.45) is 0 Å². The molecule has 19 heavy (non-hydrogen) atoms. The molecule has 0 radical (unpaired) electrons. The van der Waals surface area contributed by atoms with Crippen LogP contribution in [0.4, 0.5) is 5.82 Å². The molecule has 2 aliphatic rings. The van der Waals surface area contributed by atoms with Crippen LogP contribution in [0.2, 0.25) is 0 Å². The average molecular weight is 259 g/mol. The quantitative estimate of drug-likeness (QED) is 0.853. The highest BCUT2D eigenvalue weighted by atomic mass is 16.5. The lowest BCUT2D eigenvalue weighted by atomic mass is 10.2. The first-order valence-electron chi connectivity index (χ1n) is 6.17. The van der Waals surface area contributed by atoms with Crippen LogP contribution in [-0.4, -0.2) is 41.4 Å². The van der Waals surface area contributed by atoms with Crippen LogP contribution in [0.3, 0.4) is 0 Å². The summed E-state index contributed by atoms with van der Waals surface area (Å²) in [5.74, 6) is -0.649. The summed E-state index contributed by atoms with van der Waals surface area (Å²) < 4.78 is 5.70. The summed E-state index contributed by atoms with van der Waals surface area (Å²) in [5.41, 5.74) is 0.256. The minimum absolute atomic E-state index is 0.113. The van der Waals surface area contributed by atoms with Crippen LogP contribution in [0.15, 0.2) is 12.1 Å². The number of aromatic carboxylic acids is 1. The van der Waals surface area contributed by atoms with E-state index in [9.17, 15) is 9.90 Å². The number of carboxylic acid groups (broad SMARTS) is 1. The molecule has 0 aromatic carbocycles. The molecule has 98 valence electrons. The number of carbonyl (C=O) groups is 1. The molecule has 0 atom stereocenters. The third kappa shape index (κ3) is 2.13. The van der Waals surface area contributed by atoms with E-state index in [4.69, 9.17) is 10.00 Å². The molecule has 2 heterocycles. The number of nitrogens with zero attached hydrogens (tertiary/aromatic N) is 3. The van der Waals surface area contributed by atoms with Crippen molar-refractivity contribution < 1.29 is 14.6 Å². The van der Waals surface area contributed by atoms with E-state index in [0.29, 0.717) is 25.5 Å². The van der Waals surface area contributed by atoms with E-state index < -0.39 is 5.97 Å². The lowest BCUT2D eigenvalue weighted by molar-refractivity contribution is 0.0202. The largest absolute Gasteiger partial charge is 0.478 e. The SMILES string of the molecule is N#Cc1ccc(C(=O)O)c(N2CCOC3(CC3)C2)n1. The predicted molar refractivity (Wildman–Crippen MR) is 66.0 cm³/mol. The Hall–Kier alpha value is -2.13. The van der Waals surface area contributed by atoms with Gasteiger partial charge in [0.2, 0.25) is 0 Å². The summed E-state index contributed by atoms with van der Waals surface area (Å²) in [6, 6.07) is 4.82. The molecule has 0 amide bonds. The summed E-state index contributed by atoms with van der Waals surface area (Å²) in [4.78, 5) is 17.3. The fourth-order valence-electron chi connectivity index (χ4n) is 2.39. The second-order valence-electron chi connectivity index (χ2n) is 4.94. The van der Waals surface area contributed by atoms with Gasteiger partial charge in [0.25, 0.3) is 0 Å². The van der Waals surface area contributed by atoms with Crippen LogP contribution in [0, 0.1) is 11.3 Å². The molecule has 0 bridgehead atoms. The fourth-order valence-corrected chi connectivity index (χ4v) is 2.39. The molecule has 6 heteroatoms. The van der Waals surface area contributed by atoms with E-state index in [2.05, 4.69) is 4.98 Å². The highest BCUT2D eigenvalue weighted by Gasteiger charge is 2.48. The summed E-state index contributed by atoms with van der Waals surface area (Å²) in [6.07, 6.45) is 2.01. The zero-order valence-corrected chi connectivity index (χ0v) is 10.3. The third-order valence-corrected chi connectivity index (χ3v) is 3.58. The second-order valence-corrected chi connectivity index (χ2v) is 4.94. The maximum atomic E-state index is 11.3. The van der Waals surface area contributed by atoms with Gasteiger partial charge in [0.15, 0.2) is 0 Å². The number of nitriles is 1. The van der Waals surface area contributed by atoms with Crippen LogP contribution >= 0.6 is 0 Å². The molecule has 1 spiro atoms. The number of ether oxygens (including phenoxy) is 1. The van der Waals surface area contributed by atoms with Gasteiger partial charge in [-0.2, -0.15) is 5.26 Å². The van der Waals surface area contributed by atoms with E-state index >= 15 is 0 Å². The van der Waals surface area contributed by atoms with E-state index in [1.54, 1.807) is 0 Å². The van der Waals surface area contributed by atoms with E-state index in [-0.39, 0.29) is 16.9 Å². The molecule has 2 fully saturated rings. The monoisotopic (exact) mass is 259 g/mol. The predicted octanol–water partition coefficient (Wildman–Crippen LogP) is 1.02. The molecule has 1 N–H and O–H groups in total. The number of aromatic nitrogens is 1. The molecule has 1 saturated carbocycles. The molecular formula is C13H13N3O3. The van der Waals surface area contributed by atoms with Crippen LogP contribution in [0.1, 0.15) is 28.9 Å². The highest BCUT2D eigenvalue weighted by molar-refractivity contribution is 5.93. The smallest absolute Gasteiger partial charge is 0.339 e. The van der Waals surface area contributed by atoms with E-state index in [1.165, 1.54) is 12.1 Å². The normalized spacial score (nSPS) is 20.1. The second kappa shape index (κ2) is 4.21. The summed E-state index contributed by atoms with van der Waals surface area (Å²) in [7, 11) is 0. The molecule has 1 aromatic heterocycles. The minimum Gasteiger partial charge on any atom is -0.478 e. The Morgan fingerprint density at radius 3 is 2.95 bits per heavy atom. The van der Waals surface area contributed by atoms with Crippen molar-refractivity contribution in [2.75, 3.05) is 24.6 Å². The number of anilines is 1. The summed E-state index contributed by atoms with van der Waals surface area (Å²) in [5, 5.41) is 18.1. The zero-order chi connectivity index (χ0) is 13.5. The molecule has 0 unspecified atom stereocenters. The first-order valence-corrected chi connectivity index (χ1v) is 6.17. The summed E-state index contributed by atoms with van der Waals surface area (Å²) in [6.45, 7) is 1.82. The molecule has 1 aliphatic heterocycles. The fraction of sp³-hybridized carbons (Fsp3) is 0.462. The first kappa shape index (κ1) is 11.9. The third-order valence-electron chi connectivity index (χ3n) is 3.58. The Morgan fingerprint density at radius 1 is 1.53 bits per heavy atom. The van der Waals surface area contributed by atoms with Gasteiger partial charge < -0.3 is 14.7 Å². The van der Waals surface area contributed by atoms with Crippen molar-refractivity contribution in [2.45, 2.75) is 18.4 Å². The van der Waals surface area contributed by atoms with Gasteiger partial charge in [-0.05, 0) is 25.0 Å². The van der Waals surface area contributed by atoms with E-state index in [1.807, 2.05) is 11.0 Å². The Labute approximate surface area is 110 Å². The van der Waals surface area contributed by atoms with Crippen molar-refractivity contribution in [3.63, 3.8) is 0 Å². The summed E-state index contributed by atoms with van der Waals surface area (Å²) >= 11 is 0. The Morgan fingerprint density at radius 2 is 2.32 bits per heavy atom. The van der Waals surface area contributed by atoms with Gasteiger partial charge in [-0.15, -0.1) is 0 Å². The molecule has 3 rings (SSSR count). The molecule has 1 saturated heterocycles. The number of hydrogen-bond acceptors (Lipinski definition) is 5. The van der Waals surface area contributed by atoms with E-state index in [0.717, 1.165) is 12.8 Å². The van der Waals surface area contributed by atoms with Crippen LogP contribution in [0.5, 0.6) is 0 Å². The van der Waals surface area contributed by atoms with Gasteiger partial charge in [-0.25, -0.2) is 9.78 Å². The maximum absolute atomic E-state index is 11.3. The number of morpholine rings is 1. The molecule has 1 aliphatic carbocycles. The number of pyridine rings is 1. The maximum Gasteiger partial charge on any atom is 0.339 e. The van der Waals surface area contributed by atoms with Crippen molar-refractivity contribution in [3.8, 4) is 6.07 Å². The van der Waals surface area contributed by atoms with Crippen molar-refractivity contribution in [1.29, 1.82) is 5.26 Å². The Balaban J connectivity index is 1.97. The highest BCUT2D eigenvalue weighted by Crippen LogP contribution is 2.43.